The Balaban J connectivity index is 2.18. The van der Waals surface area contributed by atoms with Crippen LogP contribution < -0.4 is 4.90 Å². The van der Waals surface area contributed by atoms with Crippen molar-refractivity contribution in [3.63, 3.8) is 0 Å². The van der Waals surface area contributed by atoms with Crippen LogP contribution in [0.5, 0.6) is 0 Å². The molecule has 2 nitrogen and oxygen atoms in total. The minimum absolute atomic E-state index is 1.06. The van der Waals surface area contributed by atoms with Crippen molar-refractivity contribution in [2.45, 2.75) is 6.42 Å². The fourth-order valence-electron chi connectivity index (χ4n) is 1.04. The molecule has 0 bridgehead atoms. The molecule has 0 aliphatic carbocycles. The van der Waals surface area contributed by atoms with E-state index in [-0.39, 0.29) is 0 Å². The average Bonchev–Trinajstić information content (AvgIpc) is 1.86. The van der Waals surface area contributed by atoms with Crippen LogP contribution in [0.15, 0.2) is 18.2 Å². The molecule has 2 heteroatoms. The maximum absolute atomic E-state index is 4.10. The second-order valence-corrected chi connectivity index (χ2v) is 2.47. The number of rotatable bonds is 1. The molecule has 1 aromatic rings. The Morgan fingerprint density at radius 3 is 2.90 bits per heavy atom. The Bertz CT molecular complexity index is 204. The van der Waals surface area contributed by atoms with Gasteiger partial charge in [0, 0.05) is 13.1 Å². The molecular weight excluding hydrogens is 124 g/mol. The third-order valence-corrected chi connectivity index (χ3v) is 1.78. The van der Waals surface area contributed by atoms with Gasteiger partial charge in [0.25, 0.3) is 0 Å². The number of aromatic nitrogens is 1. The van der Waals surface area contributed by atoms with Crippen LogP contribution in [0.2, 0.25) is 0 Å². The molecule has 0 unspecified atom stereocenters. The second kappa shape index (κ2) is 2.29. The molecule has 0 spiro atoms. The summed E-state index contributed by atoms with van der Waals surface area (Å²) >= 11 is 0. The van der Waals surface area contributed by atoms with Crippen LogP contribution in [0.4, 0.5) is 5.82 Å². The van der Waals surface area contributed by atoms with Gasteiger partial charge in [-0.25, -0.2) is 4.98 Å². The van der Waals surface area contributed by atoms with Crippen LogP contribution in [-0.2, 0) is 0 Å². The molecule has 1 fully saturated rings. The Morgan fingerprint density at radius 1 is 1.50 bits per heavy atom. The summed E-state index contributed by atoms with van der Waals surface area (Å²) < 4.78 is 0. The first-order valence-corrected chi connectivity index (χ1v) is 3.55. The highest BCUT2D eigenvalue weighted by atomic mass is 15.2. The van der Waals surface area contributed by atoms with E-state index in [0.29, 0.717) is 0 Å². The number of hydrogen-bond acceptors (Lipinski definition) is 2. The van der Waals surface area contributed by atoms with E-state index in [1.54, 1.807) is 0 Å². The normalized spacial score (nSPS) is 16.6. The zero-order valence-corrected chi connectivity index (χ0v) is 5.75. The lowest BCUT2D eigenvalue weighted by Gasteiger charge is -2.31. The number of anilines is 1. The summed E-state index contributed by atoms with van der Waals surface area (Å²) in [7, 11) is 0. The molecule has 2 rings (SSSR count). The lowest BCUT2D eigenvalue weighted by molar-refractivity contribution is 0.609. The van der Waals surface area contributed by atoms with Gasteiger partial charge in [-0.2, -0.15) is 0 Å². The largest absolute Gasteiger partial charge is 0.356 e. The third kappa shape index (κ3) is 0.856. The van der Waals surface area contributed by atoms with Crippen LogP contribution in [0.1, 0.15) is 6.42 Å². The molecular formula is C8H9N2. The fraction of sp³-hybridized carbons (Fsp3) is 0.375. The molecule has 10 heavy (non-hydrogen) atoms. The average molecular weight is 133 g/mol. The van der Waals surface area contributed by atoms with Crippen molar-refractivity contribution in [3.05, 3.63) is 24.4 Å². The van der Waals surface area contributed by atoms with Crippen molar-refractivity contribution >= 4 is 5.82 Å². The molecule has 2 heterocycles. The minimum atomic E-state index is 1.06. The second-order valence-electron chi connectivity index (χ2n) is 2.47. The standard InChI is InChI=1S/C8H9N2/c1-2-5-9-8(4-1)10-6-3-7-10/h1-2,4H,3,6-7H2. The molecule has 1 aromatic heterocycles. The van der Waals surface area contributed by atoms with Crippen LogP contribution >= 0.6 is 0 Å². The predicted octanol–water partition coefficient (Wildman–Crippen LogP) is 1.09. The molecule has 1 aliphatic heterocycles. The van der Waals surface area contributed by atoms with Crippen LogP contribution in [0.25, 0.3) is 0 Å². The first-order valence-electron chi connectivity index (χ1n) is 3.55. The summed E-state index contributed by atoms with van der Waals surface area (Å²) in [4.78, 5) is 6.35. The summed E-state index contributed by atoms with van der Waals surface area (Å²) in [5.41, 5.74) is 0. The maximum Gasteiger partial charge on any atom is 0.129 e. The van der Waals surface area contributed by atoms with Gasteiger partial charge < -0.3 is 4.90 Å². The van der Waals surface area contributed by atoms with Gasteiger partial charge >= 0.3 is 0 Å². The van der Waals surface area contributed by atoms with Gasteiger partial charge in [-0.05, 0) is 18.6 Å². The van der Waals surface area contributed by atoms with E-state index >= 15 is 0 Å². The fourth-order valence-corrected chi connectivity index (χ4v) is 1.04. The first-order chi connectivity index (χ1) is 4.97. The molecule has 1 aliphatic rings. The highest BCUT2D eigenvalue weighted by molar-refractivity contribution is 5.39. The van der Waals surface area contributed by atoms with Crippen molar-refractivity contribution in [1.82, 2.24) is 4.98 Å². The van der Waals surface area contributed by atoms with Gasteiger partial charge in [-0.1, -0.05) is 6.07 Å². The summed E-state index contributed by atoms with van der Waals surface area (Å²) in [5, 5.41) is 0. The quantitative estimate of drug-likeness (QED) is 0.570. The monoisotopic (exact) mass is 133 g/mol. The van der Waals surface area contributed by atoms with E-state index in [1.807, 2.05) is 18.2 Å². The Morgan fingerprint density at radius 2 is 2.40 bits per heavy atom. The topological polar surface area (TPSA) is 16.1 Å². The van der Waals surface area contributed by atoms with Crippen molar-refractivity contribution in [2.75, 3.05) is 18.0 Å². The molecule has 51 valence electrons. The van der Waals surface area contributed by atoms with Crippen LogP contribution in [-0.4, -0.2) is 18.1 Å². The smallest absolute Gasteiger partial charge is 0.129 e. The lowest BCUT2D eigenvalue weighted by atomic mass is 10.2. The maximum atomic E-state index is 4.10. The summed E-state index contributed by atoms with van der Waals surface area (Å²) in [6.45, 7) is 2.32. The van der Waals surface area contributed by atoms with Gasteiger partial charge in [0.2, 0.25) is 0 Å². The number of pyridine rings is 1. The number of nitrogens with zero attached hydrogens (tertiary/aromatic N) is 2. The van der Waals surface area contributed by atoms with E-state index in [2.05, 4.69) is 16.1 Å². The molecule has 1 saturated heterocycles. The zero-order valence-electron chi connectivity index (χ0n) is 5.75. The summed E-state index contributed by atoms with van der Waals surface area (Å²) in [6, 6.07) is 5.82. The lowest BCUT2D eigenvalue weighted by Crippen LogP contribution is -2.37. The molecule has 0 aromatic carbocycles. The summed E-state index contributed by atoms with van der Waals surface area (Å²) in [6.07, 6.45) is 4.12. The van der Waals surface area contributed by atoms with Crippen LogP contribution in [0.3, 0.4) is 0 Å². The van der Waals surface area contributed by atoms with E-state index in [4.69, 9.17) is 0 Å². The molecule has 1 radical (unpaired) electrons. The molecule has 0 N–H and O–H groups in total. The third-order valence-electron chi connectivity index (χ3n) is 1.78. The summed E-state index contributed by atoms with van der Waals surface area (Å²) in [5.74, 6) is 1.06. The van der Waals surface area contributed by atoms with Gasteiger partial charge in [-0.15, -0.1) is 0 Å². The molecule has 0 amide bonds. The van der Waals surface area contributed by atoms with Crippen molar-refractivity contribution in [1.29, 1.82) is 0 Å². The van der Waals surface area contributed by atoms with Gasteiger partial charge in [0.1, 0.15) is 5.82 Å². The predicted molar refractivity (Wildman–Crippen MR) is 39.9 cm³/mol. The van der Waals surface area contributed by atoms with E-state index in [0.717, 1.165) is 18.9 Å². The Kier molecular flexibility index (Phi) is 1.31. The Labute approximate surface area is 60.5 Å². The van der Waals surface area contributed by atoms with Crippen molar-refractivity contribution < 1.29 is 0 Å². The SMILES string of the molecule is [c]1cccc(N2CCC2)n1. The zero-order chi connectivity index (χ0) is 6.81. The highest BCUT2D eigenvalue weighted by Crippen LogP contribution is 2.15. The van der Waals surface area contributed by atoms with Crippen molar-refractivity contribution in [3.8, 4) is 0 Å². The van der Waals surface area contributed by atoms with Crippen molar-refractivity contribution in [2.24, 2.45) is 0 Å². The van der Waals surface area contributed by atoms with Gasteiger partial charge in [0.15, 0.2) is 0 Å². The molecule has 0 saturated carbocycles. The minimum Gasteiger partial charge on any atom is -0.356 e. The van der Waals surface area contributed by atoms with Crippen LogP contribution in [0, 0.1) is 6.20 Å². The molecule has 0 atom stereocenters. The van der Waals surface area contributed by atoms with E-state index in [9.17, 15) is 0 Å². The first kappa shape index (κ1) is 5.71. The highest BCUT2D eigenvalue weighted by Gasteiger charge is 2.14. The van der Waals surface area contributed by atoms with Gasteiger partial charge in [-0.3, -0.25) is 0 Å². The van der Waals surface area contributed by atoms with E-state index < -0.39 is 0 Å². The van der Waals surface area contributed by atoms with Gasteiger partial charge in [0.05, 0.1) is 6.20 Å². The Hall–Kier alpha value is -1.05. The van der Waals surface area contributed by atoms with E-state index in [1.165, 1.54) is 6.42 Å². The number of hydrogen-bond donors (Lipinski definition) is 0.